The molecule has 0 saturated heterocycles. The lowest BCUT2D eigenvalue weighted by Gasteiger charge is -2.19. The Hall–Kier alpha value is -1.82. The zero-order valence-corrected chi connectivity index (χ0v) is 12.3. The summed E-state index contributed by atoms with van der Waals surface area (Å²) in [6.07, 6.45) is -0.635. The molecular formula is C13H17ClFN3O2. The van der Waals surface area contributed by atoms with Crippen molar-refractivity contribution in [2.24, 2.45) is 10.7 Å². The molecular weight excluding hydrogens is 285 g/mol. The number of amides is 1. The SMILES string of the molecule is CC(C)(C)OC(=O)Nc1ccc(F)c(N=C(N)CCl)c1. The quantitative estimate of drug-likeness (QED) is 0.510. The smallest absolute Gasteiger partial charge is 0.412 e. The van der Waals surface area contributed by atoms with Gasteiger partial charge in [-0.15, -0.1) is 11.6 Å². The van der Waals surface area contributed by atoms with Gasteiger partial charge in [0.2, 0.25) is 0 Å². The molecule has 0 unspecified atom stereocenters. The van der Waals surface area contributed by atoms with E-state index in [1.807, 2.05) is 0 Å². The van der Waals surface area contributed by atoms with E-state index in [-0.39, 0.29) is 17.4 Å². The average molecular weight is 302 g/mol. The van der Waals surface area contributed by atoms with Gasteiger partial charge in [-0.05, 0) is 39.0 Å². The number of nitrogens with one attached hydrogen (secondary N) is 1. The number of carbonyl (C=O) groups excluding carboxylic acids is 1. The molecule has 1 aromatic carbocycles. The second kappa shape index (κ2) is 6.56. The number of nitrogens with two attached hydrogens (primary N) is 1. The topological polar surface area (TPSA) is 76.7 Å². The average Bonchev–Trinajstić information content (AvgIpc) is 2.30. The molecule has 5 nitrogen and oxygen atoms in total. The Labute approximate surface area is 122 Å². The number of alkyl halides is 1. The monoisotopic (exact) mass is 301 g/mol. The van der Waals surface area contributed by atoms with Gasteiger partial charge in [-0.25, -0.2) is 14.2 Å². The highest BCUT2D eigenvalue weighted by atomic mass is 35.5. The maximum Gasteiger partial charge on any atom is 0.412 e. The number of aliphatic imine (C=N–C) groups is 1. The van der Waals surface area contributed by atoms with Crippen molar-refractivity contribution in [3.05, 3.63) is 24.0 Å². The fraction of sp³-hybridized carbons (Fsp3) is 0.385. The number of rotatable bonds is 3. The minimum atomic E-state index is -0.635. The number of amidine groups is 1. The summed E-state index contributed by atoms with van der Waals surface area (Å²) >= 11 is 5.48. The predicted molar refractivity (Wildman–Crippen MR) is 78.3 cm³/mol. The lowest BCUT2D eigenvalue weighted by atomic mass is 10.2. The maximum atomic E-state index is 13.5. The molecule has 20 heavy (non-hydrogen) atoms. The Bertz CT molecular complexity index is 527. The molecule has 0 aliphatic carbocycles. The largest absolute Gasteiger partial charge is 0.444 e. The Kier molecular flexibility index (Phi) is 5.33. The highest BCUT2D eigenvalue weighted by Crippen LogP contribution is 2.23. The number of anilines is 1. The van der Waals surface area contributed by atoms with Crippen LogP contribution in [0.3, 0.4) is 0 Å². The molecule has 0 aliphatic heterocycles. The maximum absolute atomic E-state index is 13.5. The van der Waals surface area contributed by atoms with E-state index in [0.29, 0.717) is 5.69 Å². The highest BCUT2D eigenvalue weighted by molar-refractivity contribution is 6.28. The molecule has 0 atom stereocenters. The molecule has 0 bridgehead atoms. The molecule has 1 amide bonds. The molecule has 0 saturated carbocycles. The van der Waals surface area contributed by atoms with E-state index in [4.69, 9.17) is 22.1 Å². The van der Waals surface area contributed by atoms with Gasteiger partial charge in [0, 0.05) is 5.69 Å². The van der Waals surface area contributed by atoms with Gasteiger partial charge in [0.05, 0.1) is 5.88 Å². The van der Waals surface area contributed by atoms with Gasteiger partial charge in [-0.2, -0.15) is 0 Å². The van der Waals surface area contributed by atoms with Gasteiger partial charge in [-0.3, -0.25) is 5.32 Å². The van der Waals surface area contributed by atoms with Crippen molar-refractivity contribution in [3.8, 4) is 0 Å². The molecule has 0 aliphatic rings. The van der Waals surface area contributed by atoms with Gasteiger partial charge in [0.1, 0.15) is 22.9 Å². The second-order valence-corrected chi connectivity index (χ2v) is 5.30. The number of benzene rings is 1. The summed E-state index contributed by atoms with van der Waals surface area (Å²) in [5.41, 5.74) is 5.18. The first-order valence-corrected chi connectivity index (χ1v) is 6.43. The Morgan fingerprint density at radius 1 is 1.50 bits per heavy atom. The van der Waals surface area contributed by atoms with Gasteiger partial charge in [0.15, 0.2) is 0 Å². The predicted octanol–water partition coefficient (Wildman–Crippen LogP) is 3.40. The Morgan fingerprint density at radius 2 is 2.15 bits per heavy atom. The summed E-state index contributed by atoms with van der Waals surface area (Å²) in [6.45, 7) is 5.23. The van der Waals surface area contributed by atoms with Crippen LogP contribution < -0.4 is 11.1 Å². The third-order valence-corrected chi connectivity index (χ3v) is 2.27. The first-order valence-electron chi connectivity index (χ1n) is 5.90. The molecule has 7 heteroatoms. The summed E-state index contributed by atoms with van der Waals surface area (Å²) in [5, 5.41) is 2.49. The summed E-state index contributed by atoms with van der Waals surface area (Å²) in [5.74, 6) is -0.490. The molecule has 1 aromatic rings. The van der Waals surface area contributed by atoms with Crippen LogP contribution in [-0.4, -0.2) is 23.4 Å². The molecule has 0 fully saturated rings. The van der Waals surface area contributed by atoms with Crippen molar-refractivity contribution < 1.29 is 13.9 Å². The normalized spacial score (nSPS) is 12.2. The minimum absolute atomic E-state index is 0.00305. The Morgan fingerprint density at radius 3 is 2.70 bits per heavy atom. The van der Waals surface area contributed by atoms with Crippen molar-refractivity contribution in [1.82, 2.24) is 0 Å². The fourth-order valence-electron chi connectivity index (χ4n) is 1.28. The number of carbonyl (C=O) groups is 1. The van der Waals surface area contributed by atoms with Crippen molar-refractivity contribution in [1.29, 1.82) is 0 Å². The second-order valence-electron chi connectivity index (χ2n) is 5.03. The van der Waals surface area contributed by atoms with Crippen LogP contribution in [0.4, 0.5) is 20.6 Å². The third-order valence-electron chi connectivity index (χ3n) is 1.99. The first-order chi connectivity index (χ1) is 9.21. The van der Waals surface area contributed by atoms with Crippen LogP contribution in [0.15, 0.2) is 23.2 Å². The van der Waals surface area contributed by atoms with E-state index in [0.717, 1.165) is 0 Å². The van der Waals surface area contributed by atoms with Crippen molar-refractivity contribution in [3.63, 3.8) is 0 Å². The van der Waals surface area contributed by atoms with Crippen LogP contribution in [0.5, 0.6) is 0 Å². The summed E-state index contributed by atoms with van der Waals surface area (Å²) in [4.78, 5) is 15.4. The molecule has 0 spiro atoms. The number of halogens is 2. The zero-order chi connectivity index (χ0) is 15.3. The van der Waals surface area contributed by atoms with Crippen LogP contribution in [0.1, 0.15) is 20.8 Å². The van der Waals surface area contributed by atoms with E-state index in [1.165, 1.54) is 18.2 Å². The van der Waals surface area contributed by atoms with E-state index in [9.17, 15) is 9.18 Å². The molecule has 0 heterocycles. The van der Waals surface area contributed by atoms with Crippen LogP contribution >= 0.6 is 11.6 Å². The zero-order valence-electron chi connectivity index (χ0n) is 11.5. The Balaban J connectivity index is 2.88. The summed E-state index contributed by atoms with van der Waals surface area (Å²) in [7, 11) is 0. The lowest BCUT2D eigenvalue weighted by molar-refractivity contribution is 0.0636. The molecule has 0 aromatic heterocycles. The van der Waals surface area contributed by atoms with Crippen molar-refractivity contribution in [2.75, 3.05) is 11.2 Å². The highest BCUT2D eigenvalue weighted by Gasteiger charge is 2.16. The van der Waals surface area contributed by atoms with E-state index in [1.54, 1.807) is 20.8 Å². The van der Waals surface area contributed by atoms with Crippen LogP contribution in [0.25, 0.3) is 0 Å². The fourth-order valence-corrected chi connectivity index (χ4v) is 1.34. The van der Waals surface area contributed by atoms with Crippen LogP contribution in [0, 0.1) is 5.82 Å². The molecule has 1 rings (SSSR count). The number of ether oxygens (including phenoxy) is 1. The van der Waals surface area contributed by atoms with E-state index >= 15 is 0 Å². The molecule has 0 radical (unpaired) electrons. The number of nitrogens with zero attached hydrogens (tertiary/aromatic N) is 1. The van der Waals surface area contributed by atoms with Gasteiger partial charge < -0.3 is 10.5 Å². The van der Waals surface area contributed by atoms with Crippen molar-refractivity contribution in [2.45, 2.75) is 26.4 Å². The number of hydrogen-bond donors (Lipinski definition) is 2. The van der Waals surface area contributed by atoms with E-state index in [2.05, 4.69) is 10.3 Å². The van der Waals surface area contributed by atoms with Crippen LogP contribution in [0.2, 0.25) is 0 Å². The van der Waals surface area contributed by atoms with Crippen molar-refractivity contribution >= 4 is 34.9 Å². The van der Waals surface area contributed by atoms with Crippen LogP contribution in [-0.2, 0) is 4.74 Å². The standard InChI is InChI=1S/C13H17ClFN3O2/c1-13(2,3)20-12(19)17-8-4-5-9(15)10(6-8)18-11(16)7-14/h4-6H,7H2,1-3H3,(H2,16,18)(H,17,19). The number of hydrogen-bond acceptors (Lipinski definition) is 3. The first kappa shape index (κ1) is 16.2. The lowest BCUT2D eigenvalue weighted by Crippen LogP contribution is -2.27. The molecule has 110 valence electrons. The molecule has 3 N–H and O–H groups in total. The van der Waals surface area contributed by atoms with E-state index < -0.39 is 17.5 Å². The van der Waals surface area contributed by atoms with Gasteiger partial charge in [-0.1, -0.05) is 0 Å². The van der Waals surface area contributed by atoms with Gasteiger partial charge >= 0.3 is 6.09 Å². The van der Waals surface area contributed by atoms with Gasteiger partial charge in [0.25, 0.3) is 0 Å². The third kappa shape index (κ3) is 5.44. The minimum Gasteiger partial charge on any atom is -0.444 e. The summed E-state index contributed by atoms with van der Waals surface area (Å²) < 4.78 is 18.6. The summed E-state index contributed by atoms with van der Waals surface area (Å²) in [6, 6.07) is 3.92.